The molecule has 32 heteroatoms. The van der Waals surface area contributed by atoms with E-state index in [0.717, 1.165) is 6.08 Å². The number of esters is 1. The lowest BCUT2D eigenvalue weighted by atomic mass is 9.85. The Labute approximate surface area is 258 Å². The lowest BCUT2D eigenvalue weighted by molar-refractivity contribution is -0.487. The Hall–Kier alpha value is -3.54. The summed E-state index contributed by atoms with van der Waals surface area (Å²) in [6.45, 7) is 4.44. The number of carboxylic acid groups (broad SMARTS) is 1. The third-order valence-electron chi connectivity index (χ3n) is 5.25. The molecule has 1 N–H and O–H groups in total. The second kappa shape index (κ2) is 13.1. The van der Waals surface area contributed by atoms with Gasteiger partial charge < -0.3 is 9.84 Å². The first kappa shape index (κ1) is 49.6. The molecule has 0 aliphatic rings. The minimum Gasteiger partial charge on any atom is -0.478 e. The Balaban J connectivity index is 0. The number of carbonyl (C=O) groups is 2. The normalized spacial score (nSPS) is 15.5. The summed E-state index contributed by atoms with van der Waals surface area (Å²) in [4.78, 5) is 20.0. The average molecular weight is 830 g/mol. The van der Waals surface area contributed by atoms with E-state index in [1.165, 1.54) is 6.58 Å². The monoisotopic (exact) mass is 830 g/mol. The third-order valence-corrected chi connectivity index (χ3v) is 5.25. The Bertz CT molecular complexity index is 1320. The van der Waals surface area contributed by atoms with Gasteiger partial charge in [0.2, 0.25) is 0 Å². The lowest BCUT2D eigenvalue weighted by Crippen LogP contribution is -2.78. The fraction of sp³-hybridized carbons (Fsp3) is 0.684. The van der Waals surface area contributed by atoms with Crippen molar-refractivity contribution in [3.8, 4) is 0 Å². The number of halogens is 28. The molecule has 4 nitrogen and oxygen atoms in total. The van der Waals surface area contributed by atoms with E-state index in [1.54, 1.807) is 4.74 Å². The smallest absolute Gasteiger partial charge is 0.473 e. The molecule has 0 unspecified atom stereocenters. The highest BCUT2D eigenvalue weighted by Gasteiger charge is 3.00. The minimum atomic E-state index is -9.82. The average Bonchev–Trinajstić information content (AvgIpc) is 2.90. The number of alkyl halides is 28. The molecular formula is C19H6F28O4. The van der Waals surface area contributed by atoms with Gasteiger partial charge in [-0.25, -0.2) is 9.59 Å². The molecule has 0 aromatic heterocycles. The predicted molar refractivity (Wildman–Crippen MR) is 99.6 cm³/mol. The SMILES string of the molecule is C=C(C(=O)OC(F)(F)C(F)(F)C(F)(F)C(F)(F)C(F)(F)C(F)(F)C(F)(F)C(F)(F)C(F)(F)C(F)(F)C(F)(F)C(F)(F)F)C(F)(F)F.C=CC(=O)O. The van der Waals surface area contributed by atoms with Gasteiger partial charge in [-0.15, -0.1) is 0 Å². The maximum Gasteiger partial charge on any atom is 0.473 e. The number of ether oxygens (including phenoxy) is 1. The summed E-state index contributed by atoms with van der Waals surface area (Å²) in [7, 11) is 0. The van der Waals surface area contributed by atoms with Crippen molar-refractivity contribution in [2.75, 3.05) is 0 Å². The third kappa shape index (κ3) is 7.26. The zero-order valence-electron chi connectivity index (χ0n) is 22.2. The molecule has 0 rings (SSSR count). The van der Waals surface area contributed by atoms with Crippen LogP contribution >= 0.6 is 0 Å². The molecule has 0 bridgehead atoms. The molecule has 302 valence electrons. The highest BCUT2D eigenvalue weighted by atomic mass is 19.4. The zero-order valence-corrected chi connectivity index (χ0v) is 22.2. The first-order chi connectivity index (χ1) is 21.6. The summed E-state index contributed by atoms with van der Waals surface area (Å²) in [6.07, 6.45) is -21.9. The molecule has 0 amide bonds. The van der Waals surface area contributed by atoms with Crippen molar-refractivity contribution in [2.24, 2.45) is 0 Å². The second-order valence-electron chi connectivity index (χ2n) is 8.67. The largest absolute Gasteiger partial charge is 0.478 e. The topological polar surface area (TPSA) is 63.6 Å². The van der Waals surface area contributed by atoms with Crippen LogP contribution in [0.25, 0.3) is 0 Å². The molecule has 0 radical (unpaired) electrons. The molecule has 0 fully saturated rings. The van der Waals surface area contributed by atoms with Crippen LogP contribution < -0.4 is 0 Å². The van der Waals surface area contributed by atoms with Gasteiger partial charge in [-0.05, 0) is 0 Å². The molecule has 0 aromatic rings. The van der Waals surface area contributed by atoms with Gasteiger partial charge >= 0.3 is 89.6 Å². The maximum absolute atomic E-state index is 13.7. The Morgan fingerprint density at radius 3 is 0.804 bits per heavy atom. The van der Waals surface area contributed by atoms with E-state index < -0.39 is 95.2 Å². The van der Waals surface area contributed by atoms with Crippen molar-refractivity contribution in [3.63, 3.8) is 0 Å². The molecular weight excluding hydrogens is 824 g/mol. The van der Waals surface area contributed by atoms with E-state index >= 15 is 0 Å². The fourth-order valence-corrected chi connectivity index (χ4v) is 2.30. The molecule has 0 saturated carbocycles. The van der Waals surface area contributed by atoms with E-state index in [-0.39, 0.29) is 0 Å². The number of aliphatic carboxylic acids is 1. The van der Waals surface area contributed by atoms with Crippen LogP contribution in [0.5, 0.6) is 0 Å². The molecule has 0 spiro atoms. The highest BCUT2D eigenvalue weighted by Crippen LogP contribution is 2.67. The molecule has 51 heavy (non-hydrogen) atoms. The lowest BCUT2D eigenvalue weighted by Gasteiger charge is -2.45. The summed E-state index contributed by atoms with van der Waals surface area (Å²) < 4.78 is 370. The summed E-state index contributed by atoms with van der Waals surface area (Å²) >= 11 is 0. The first-order valence-corrected chi connectivity index (χ1v) is 10.6. The van der Waals surface area contributed by atoms with Crippen molar-refractivity contribution in [3.05, 3.63) is 24.8 Å². The van der Waals surface area contributed by atoms with E-state index in [0.29, 0.717) is 0 Å². The first-order valence-electron chi connectivity index (χ1n) is 10.6. The van der Waals surface area contributed by atoms with Crippen LogP contribution in [-0.2, 0) is 14.3 Å². The number of hydrogen-bond acceptors (Lipinski definition) is 3. The molecule has 0 atom stereocenters. The summed E-state index contributed by atoms with van der Waals surface area (Å²) in [5.74, 6) is -99.5. The number of hydrogen-bond donors (Lipinski definition) is 1. The summed E-state index contributed by atoms with van der Waals surface area (Å²) in [5.41, 5.74) is -3.44. The van der Waals surface area contributed by atoms with Gasteiger partial charge in [0.05, 0.1) is 0 Å². The van der Waals surface area contributed by atoms with E-state index in [9.17, 15) is 133 Å². The quantitative estimate of drug-likeness (QED) is 0.114. The molecule has 0 heterocycles. The Morgan fingerprint density at radius 1 is 0.431 bits per heavy atom. The summed E-state index contributed by atoms with van der Waals surface area (Å²) in [5, 5.41) is 7.60. The minimum absolute atomic E-state index is 0.833. The van der Waals surface area contributed by atoms with Crippen LogP contribution in [-0.4, -0.2) is 94.7 Å². The van der Waals surface area contributed by atoms with Gasteiger partial charge in [-0.1, -0.05) is 13.2 Å². The van der Waals surface area contributed by atoms with Crippen molar-refractivity contribution in [2.45, 2.75) is 77.7 Å². The van der Waals surface area contributed by atoms with Crippen molar-refractivity contribution in [1.29, 1.82) is 0 Å². The molecule has 0 aromatic carbocycles. The van der Waals surface area contributed by atoms with Crippen LogP contribution in [0, 0.1) is 0 Å². The van der Waals surface area contributed by atoms with Gasteiger partial charge in [-0.2, -0.15) is 123 Å². The van der Waals surface area contributed by atoms with Gasteiger partial charge in [0.1, 0.15) is 5.57 Å². The van der Waals surface area contributed by atoms with E-state index in [2.05, 4.69) is 6.58 Å². The second-order valence-corrected chi connectivity index (χ2v) is 8.67. The van der Waals surface area contributed by atoms with Gasteiger partial charge in [0.15, 0.2) is 0 Å². The standard InChI is InChI=1S/C16H2F28O2.C3H4O2/c1-2(4(17,18)19)3(45)46-16(43,44)14(38,39)12(34,35)10(30,31)8(26,27)6(22,23)5(20,21)7(24,25)9(28,29)11(32,33)13(36,37)15(40,41)42;1-2-3(4)5/h1H2;2H,1H2,(H,4,5). The number of carboxylic acids is 1. The van der Waals surface area contributed by atoms with Crippen LogP contribution in [0.4, 0.5) is 123 Å². The van der Waals surface area contributed by atoms with Gasteiger partial charge in [0.25, 0.3) is 0 Å². The van der Waals surface area contributed by atoms with Gasteiger partial charge in [0, 0.05) is 6.08 Å². The number of carbonyl (C=O) groups excluding carboxylic acids is 1. The van der Waals surface area contributed by atoms with Crippen molar-refractivity contribution >= 4 is 11.9 Å². The molecule has 0 aliphatic heterocycles. The fourth-order valence-electron chi connectivity index (χ4n) is 2.30. The molecule has 0 aliphatic carbocycles. The molecule has 0 saturated heterocycles. The summed E-state index contributed by atoms with van der Waals surface area (Å²) in [6, 6.07) is 0. The van der Waals surface area contributed by atoms with Crippen molar-refractivity contribution in [1.82, 2.24) is 0 Å². The number of rotatable bonds is 13. The Kier molecular flexibility index (Phi) is 12.8. The predicted octanol–water partition coefficient (Wildman–Crippen LogP) is 9.41. The maximum atomic E-state index is 13.7. The highest BCUT2D eigenvalue weighted by molar-refractivity contribution is 5.89. The zero-order chi connectivity index (χ0) is 42.6. The van der Waals surface area contributed by atoms with Crippen LogP contribution in [0.2, 0.25) is 0 Å². The van der Waals surface area contributed by atoms with E-state index in [1.807, 2.05) is 0 Å². The van der Waals surface area contributed by atoms with Crippen LogP contribution in [0.3, 0.4) is 0 Å². The van der Waals surface area contributed by atoms with E-state index in [4.69, 9.17) is 5.11 Å². The van der Waals surface area contributed by atoms with Crippen LogP contribution in [0.1, 0.15) is 0 Å². The Morgan fingerprint density at radius 2 is 0.627 bits per heavy atom. The van der Waals surface area contributed by atoms with Crippen molar-refractivity contribution < 1.29 is 142 Å². The van der Waals surface area contributed by atoms with Crippen LogP contribution in [0.15, 0.2) is 24.8 Å². The van der Waals surface area contributed by atoms with Gasteiger partial charge in [-0.3, -0.25) is 0 Å².